The van der Waals surface area contributed by atoms with Gasteiger partial charge in [-0.2, -0.15) is 0 Å². The average Bonchev–Trinajstić information content (AvgIpc) is 2.30. The monoisotopic (exact) mass is 253 g/mol. The van der Waals surface area contributed by atoms with Crippen LogP contribution in [0.15, 0.2) is 18.2 Å². The van der Waals surface area contributed by atoms with E-state index in [0.29, 0.717) is 12.3 Å². The van der Waals surface area contributed by atoms with Gasteiger partial charge in [-0.1, -0.05) is 18.2 Å². The predicted octanol–water partition coefficient (Wildman–Crippen LogP) is 2.93. The van der Waals surface area contributed by atoms with Crippen molar-refractivity contribution in [3.8, 4) is 0 Å². The Kier molecular flexibility index (Phi) is 5.49. The zero-order chi connectivity index (χ0) is 12.8. The van der Waals surface area contributed by atoms with Crippen molar-refractivity contribution >= 4 is 17.5 Å². The molecule has 0 N–H and O–H groups in total. The van der Waals surface area contributed by atoms with Crippen LogP contribution in [0.1, 0.15) is 23.1 Å². The van der Waals surface area contributed by atoms with Crippen molar-refractivity contribution in [3.63, 3.8) is 0 Å². The maximum absolute atomic E-state index is 11.5. The number of benzene rings is 1. The maximum atomic E-state index is 11.5. The van der Waals surface area contributed by atoms with Crippen LogP contribution in [0.4, 0.5) is 0 Å². The summed E-state index contributed by atoms with van der Waals surface area (Å²) in [6, 6.07) is 6.45. The number of amides is 1. The number of carbonyl (C=O) groups is 1. The molecule has 0 saturated heterocycles. The molecule has 0 atom stereocenters. The van der Waals surface area contributed by atoms with Crippen molar-refractivity contribution in [2.45, 2.75) is 26.7 Å². The molecule has 0 unspecified atom stereocenters. The van der Waals surface area contributed by atoms with Crippen LogP contribution in [0, 0.1) is 13.8 Å². The van der Waals surface area contributed by atoms with E-state index in [2.05, 4.69) is 32.0 Å². The average molecular weight is 254 g/mol. The van der Waals surface area contributed by atoms with Crippen LogP contribution in [0.2, 0.25) is 0 Å². The van der Waals surface area contributed by atoms with Crippen LogP contribution in [-0.2, 0) is 11.2 Å². The Bertz CT molecular complexity index is 390. The van der Waals surface area contributed by atoms with Crippen LogP contribution < -0.4 is 0 Å². The minimum Gasteiger partial charge on any atom is -0.345 e. The summed E-state index contributed by atoms with van der Waals surface area (Å²) in [5.74, 6) is 0.510. The van der Waals surface area contributed by atoms with Gasteiger partial charge in [0.15, 0.2) is 0 Å². The molecule has 0 aromatic heterocycles. The first-order valence-corrected chi connectivity index (χ1v) is 6.44. The summed E-state index contributed by atoms with van der Waals surface area (Å²) in [6.45, 7) is 4.97. The molecule has 2 nitrogen and oxygen atoms in total. The normalized spacial score (nSPS) is 10.4. The Hall–Kier alpha value is -1.02. The summed E-state index contributed by atoms with van der Waals surface area (Å²) in [5.41, 5.74) is 3.89. The topological polar surface area (TPSA) is 20.3 Å². The van der Waals surface area contributed by atoms with E-state index >= 15 is 0 Å². The standard InChI is InChI=1S/C14H20ClNO/c1-11-4-5-13(10-12(11)2)7-9-16(3)14(17)6-8-15/h4-5,10H,6-9H2,1-3H3. The number of halogens is 1. The molecule has 94 valence electrons. The zero-order valence-corrected chi connectivity index (χ0v) is 11.5. The summed E-state index contributed by atoms with van der Waals surface area (Å²) in [5, 5.41) is 0. The van der Waals surface area contributed by atoms with E-state index in [-0.39, 0.29) is 5.91 Å². The van der Waals surface area contributed by atoms with Crippen LogP contribution >= 0.6 is 11.6 Å². The lowest BCUT2D eigenvalue weighted by molar-refractivity contribution is -0.129. The van der Waals surface area contributed by atoms with Gasteiger partial charge in [-0.15, -0.1) is 11.6 Å². The largest absolute Gasteiger partial charge is 0.345 e. The minimum absolute atomic E-state index is 0.115. The maximum Gasteiger partial charge on any atom is 0.223 e. The number of nitrogens with zero attached hydrogens (tertiary/aromatic N) is 1. The van der Waals surface area contributed by atoms with E-state index in [0.717, 1.165) is 13.0 Å². The number of hydrogen-bond acceptors (Lipinski definition) is 1. The second-order valence-corrected chi connectivity index (χ2v) is 4.80. The Labute approximate surface area is 109 Å². The van der Waals surface area contributed by atoms with Crippen LogP contribution in [0.25, 0.3) is 0 Å². The molecular formula is C14H20ClNO. The molecule has 0 aliphatic heterocycles. The highest BCUT2D eigenvalue weighted by atomic mass is 35.5. The molecule has 0 saturated carbocycles. The Morgan fingerprint density at radius 1 is 1.29 bits per heavy atom. The highest BCUT2D eigenvalue weighted by Crippen LogP contribution is 2.10. The fourth-order valence-electron chi connectivity index (χ4n) is 1.65. The van der Waals surface area contributed by atoms with Gasteiger partial charge in [0.1, 0.15) is 0 Å². The number of hydrogen-bond donors (Lipinski definition) is 0. The van der Waals surface area contributed by atoms with Crippen molar-refractivity contribution < 1.29 is 4.79 Å². The molecule has 1 aromatic rings. The van der Waals surface area contributed by atoms with Crippen molar-refractivity contribution in [3.05, 3.63) is 34.9 Å². The van der Waals surface area contributed by atoms with E-state index in [1.165, 1.54) is 16.7 Å². The molecule has 1 amide bonds. The third-order valence-electron chi connectivity index (χ3n) is 3.04. The SMILES string of the molecule is Cc1ccc(CCN(C)C(=O)CCCl)cc1C. The molecule has 0 heterocycles. The summed E-state index contributed by atoms with van der Waals surface area (Å²) in [7, 11) is 1.83. The molecule has 1 rings (SSSR count). The smallest absolute Gasteiger partial charge is 0.223 e. The second-order valence-electron chi connectivity index (χ2n) is 4.42. The molecule has 3 heteroatoms. The predicted molar refractivity (Wildman–Crippen MR) is 72.6 cm³/mol. The van der Waals surface area contributed by atoms with Crippen LogP contribution in [0.3, 0.4) is 0 Å². The summed E-state index contributed by atoms with van der Waals surface area (Å²) in [4.78, 5) is 13.3. The van der Waals surface area contributed by atoms with Gasteiger partial charge in [0, 0.05) is 25.9 Å². The first-order chi connectivity index (χ1) is 8.04. The lowest BCUT2D eigenvalue weighted by Crippen LogP contribution is -2.28. The highest BCUT2D eigenvalue weighted by Gasteiger charge is 2.07. The van der Waals surface area contributed by atoms with E-state index in [1.54, 1.807) is 4.90 Å². The second kappa shape index (κ2) is 6.65. The molecule has 0 aliphatic rings. The summed E-state index contributed by atoms with van der Waals surface area (Å²) in [6.07, 6.45) is 1.32. The molecule has 0 fully saturated rings. The van der Waals surface area contributed by atoms with Gasteiger partial charge < -0.3 is 4.90 Å². The number of alkyl halides is 1. The van der Waals surface area contributed by atoms with E-state index in [4.69, 9.17) is 11.6 Å². The Morgan fingerprint density at radius 3 is 2.59 bits per heavy atom. The fourth-order valence-corrected chi connectivity index (χ4v) is 1.81. The number of aryl methyl sites for hydroxylation is 2. The van der Waals surface area contributed by atoms with Gasteiger partial charge in [0.2, 0.25) is 5.91 Å². The van der Waals surface area contributed by atoms with Crippen molar-refractivity contribution in [1.29, 1.82) is 0 Å². The van der Waals surface area contributed by atoms with Gasteiger partial charge in [0.25, 0.3) is 0 Å². The Morgan fingerprint density at radius 2 is 2.00 bits per heavy atom. The summed E-state index contributed by atoms with van der Waals surface area (Å²) >= 11 is 5.55. The quantitative estimate of drug-likeness (QED) is 0.739. The van der Waals surface area contributed by atoms with E-state index in [1.807, 2.05) is 7.05 Å². The van der Waals surface area contributed by atoms with Crippen LogP contribution in [0.5, 0.6) is 0 Å². The minimum atomic E-state index is 0.115. The molecular weight excluding hydrogens is 234 g/mol. The van der Waals surface area contributed by atoms with E-state index in [9.17, 15) is 4.79 Å². The van der Waals surface area contributed by atoms with E-state index < -0.39 is 0 Å². The van der Waals surface area contributed by atoms with Gasteiger partial charge in [-0.25, -0.2) is 0 Å². The molecule has 0 aliphatic carbocycles. The molecule has 0 spiro atoms. The molecule has 0 bridgehead atoms. The van der Waals surface area contributed by atoms with Crippen LogP contribution in [-0.4, -0.2) is 30.3 Å². The zero-order valence-electron chi connectivity index (χ0n) is 10.8. The van der Waals surface area contributed by atoms with Gasteiger partial charge in [0.05, 0.1) is 0 Å². The highest BCUT2D eigenvalue weighted by molar-refractivity contribution is 6.18. The van der Waals surface area contributed by atoms with Crippen molar-refractivity contribution in [1.82, 2.24) is 4.90 Å². The lowest BCUT2D eigenvalue weighted by atomic mass is 10.0. The van der Waals surface area contributed by atoms with Crippen molar-refractivity contribution in [2.24, 2.45) is 0 Å². The number of carbonyl (C=O) groups excluding carboxylic acids is 1. The first kappa shape index (κ1) is 14.0. The summed E-state index contributed by atoms with van der Waals surface area (Å²) < 4.78 is 0. The molecule has 0 radical (unpaired) electrons. The van der Waals surface area contributed by atoms with Crippen molar-refractivity contribution in [2.75, 3.05) is 19.5 Å². The Balaban J connectivity index is 2.50. The first-order valence-electron chi connectivity index (χ1n) is 5.90. The van der Waals surface area contributed by atoms with Gasteiger partial charge in [-0.05, 0) is 37.0 Å². The number of rotatable bonds is 5. The number of likely N-dealkylation sites (N-methyl/N-ethyl adjacent to an activating group) is 1. The van der Waals surface area contributed by atoms with Gasteiger partial charge in [-0.3, -0.25) is 4.79 Å². The third-order valence-corrected chi connectivity index (χ3v) is 3.23. The lowest BCUT2D eigenvalue weighted by Gasteiger charge is -2.16. The molecule has 1 aromatic carbocycles. The molecule has 17 heavy (non-hydrogen) atoms. The van der Waals surface area contributed by atoms with Gasteiger partial charge >= 0.3 is 0 Å². The third kappa shape index (κ3) is 4.39. The fraction of sp³-hybridized carbons (Fsp3) is 0.500.